The van der Waals surface area contributed by atoms with Crippen LogP contribution in [0.1, 0.15) is 35.6 Å². The fraction of sp³-hybridized carbons (Fsp3) is 0.250. The van der Waals surface area contributed by atoms with E-state index in [1.165, 1.54) is 6.07 Å². The van der Waals surface area contributed by atoms with Crippen molar-refractivity contribution in [2.24, 2.45) is 0 Å². The number of hydrogen-bond donors (Lipinski definition) is 1. The summed E-state index contributed by atoms with van der Waals surface area (Å²) in [6.45, 7) is 2.69. The number of aryl methyl sites for hydroxylation is 2. The minimum Gasteiger partial charge on any atom is -0.481 e. The first-order chi connectivity index (χ1) is 16.6. The average molecular weight is 482 g/mol. The van der Waals surface area contributed by atoms with E-state index in [-0.39, 0.29) is 35.2 Å². The number of nitriles is 1. The SMILES string of the molecule is Cc1c2n(c3ccc(-c4noc(-c5cc(C#N)cc(OC(F)(F)F)c5)n4)cc13)CCC2CC(=O)O. The summed E-state index contributed by atoms with van der Waals surface area (Å²) >= 11 is 0. The van der Waals surface area contributed by atoms with E-state index in [1.54, 1.807) is 12.1 Å². The van der Waals surface area contributed by atoms with Gasteiger partial charge in [0, 0.05) is 40.2 Å². The Labute approximate surface area is 196 Å². The zero-order valence-electron chi connectivity index (χ0n) is 18.3. The number of halogens is 3. The number of hydrogen-bond acceptors (Lipinski definition) is 6. The molecule has 1 atom stereocenters. The van der Waals surface area contributed by atoms with Crippen molar-refractivity contribution in [1.29, 1.82) is 5.26 Å². The van der Waals surface area contributed by atoms with Gasteiger partial charge in [0.25, 0.3) is 5.89 Å². The fourth-order valence-corrected chi connectivity index (χ4v) is 4.72. The van der Waals surface area contributed by atoms with Crippen LogP contribution < -0.4 is 4.74 Å². The Kier molecular flexibility index (Phi) is 5.24. The molecule has 11 heteroatoms. The summed E-state index contributed by atoms with van der Waals surface area (Å²) in [6, 6.07) is 10.7. The van der Waals surface area contributed by atoms with Gasteiger partial charge in [-0.15, -0.1) is 13.2 Å². The normalized spacial score (nSPS) is 15.2. The van der Waals surface area contributed by atoms with E-state index in [0.717, 1.165) is 47.3 Å². The number of rotatable bonds is 5. The van der Waals surface area contributed by atoms with Crippen LogP contribution in [0.25, 0.3) is 33.7 Å². The van der Waals surface area contributed by atoms with Crippen molar-refractivity contribution in [3.05, 3.63) is 53.2 Å². The van der Waals surface area contributed by atoms with Gasteiger partial charge >= 0.3 is 12.3 Å². The number of carboxylic acids is 1. The molecule has 35 heavy (non-hydrogen) atoms. The van der Waals surface area contributed by atoms with Crippen molar-refractivity contribution in [2.75, 3.05) is 0 Å². The first-order valence-corrected chi connectivity index (χ1v) is 10.6. The zero-order chi connectivity index (χ0) is 24.9. The van der Waals surface area contributed by atoms with Crippen LogP contribution >= 0.6 is 0 Å². The molecule has 5 rings (SSSR count). The minimum atomic E-state index is -4.92. The van der Waals surface area contributed by atoms with Crippen molar-refractivity contribution in [2.45, 2.75) is 38.6 Å². The standard InChI is InChI=1S/C24H17F3N4O4/c1-12-18-9-15(2-3-19(18)31-5-4-14(21(12)31)10-20(32)33)22-29-23(35-30-22)16-6-13(11-28)7-17(8-16)34-24(25,26)27/h2-3,6-9,14H,4-5,10H2,1H3,(H,32,33). The highest BCUT2D eigenvalue weighted by Crippen LogP contribution is 2.40. The van der Waals surface area contributed by atoms with E-state index in [2.05, 4.69) is 19.4 Å². The Morgan fingerprint density at radius 1 is 1.29 bits per heavy atom. The summed E-state index contributed by atoms with van der Waals surface area (Å²) in [4.78, 5) is 15.6. The molecule has 0 aliphatic carbocycles. The van der Waals surface area contributed by atoms with Gasteiger partial charge in [0.2, 0.25) is 5.82 Å². The molecule has 4 aromatic rings. The Balaban J connectivity index is 1.51. The molecule has 178 valence electrons. The van der Waals surface area contributed by atoms with Crippen LogP contribution in [0, 0.1) is 18.3 Å². The Morgan fingerprint density at radius 3 is 2.80 bits per heavy atom. The van der Waals surface area contributed by atoms with Gasteiger partial charge in [0.1, 0.15) is 5.75 Å². The summed E-state index contributed by atoms with van der Waals surface area (Å²) < 4.78 is 49.3. The molecule has 0 saturated carbocycles. The van der Waals surface area contributed by atoms with Crippen molar-refractivity contribution >= 4 is 16.9 Å². The summed E-state index contributed by atoms with van der Waals surface area (Å²) in [5.74, 6) is -1.31. The van der Waals surface area contributed by atoms with Crippen LogP contribution in [0.15, 0.2) is 40.9 Å². The molecule has 0 amide bonds. The van der Waals surface area contributed by atoms with Gasteiger partial charge in [-0.05, 0) is 55.3 Å². The topological polar surface area (TPSA) is 114 Å². The monoisotopic (exact) mass is 482 g/mol. The lowest BCUT2D eigenvalue weighted by Crippen LogP contribution is -2.17. The highest BCUT2D eigenvalue weighted by atomic mass is 19.4. The summed E-state index contributed by atoms with van der Waals surface area (Å²) in [7, 11) is 0. The molecule has 0 fully saturated rings. The van der Waals surface area contributed by atoms with Crippen LogP contribution in [0.4, 0.5) is 13.2 Å². The van der Waals surface area contributed by atoms with Crippen LogP contribution in [-0.2, 0) is 11.3 Å². The lowest BCUT2D eigenvalue weighted by Gasteiger charge is -2.09. The maximum Gasteiger partial charge on any atom is 0.573 e. The predicted octanol–water partition coefficient (Wildman–Crippen LogP) is 5.40. The van der Waals surface area contributed by atoms with Crippen molar-refractivity contribution in [1.82, 2.24) is 14.7 Å². The lowest BCUT2D eigenvalue weighted by atomic mass is 9.96. The van der Waals surface area contributed by atoms with Gasteiger partial charge < -0.3 is 18.9 Å². The number of alkyl halides is 3. The number of ether oxygens (including phenoxy) is 1. The molecule has 1 aliphatic heterocycles. The summed E-state index contributed by atoms with van der Waals surface area (Å²) in [5.41, 5.74) is 3.66. The van der Waals surface area contributed by atoms with Gasteiger partial charge in [0.05, 0.1) is 18.1 Å². The first-order valence-electron chi connectivity index (χ1n) is 10.6. The number of nitrogens with zero attached hydrogens (tertiary/aromatic N) is 4. The maximum atomic E-state index is 12.7. The Hall–Kier alpha value is -4.33. The van der Waals surface area contributed by atoms with E-state index in [0.29, 0.717) is 5.56 Å². The smallest absolute Gasteiger partial charge is 0.481 e. The molecular weight excluding hydrogens is 465 g/mol. The second-order valence-electron chi connectivity index (χ2n) is 8.31. The molecule has 2 aromatic carbocycles. The highest BCUT2D eigenvalue weighted by Gasteiger charge is 2.32. The highest BCUT2D eigenvalue weighted by molar-refractivity contribution is 5.89. The number of aliphatic carboxylic acids is 1. The third-order valence-electron chi connectivity index (χ3n) is 6.08. The van der Waals surface area contributed by atoms with Crippen molar-refractivity contribution in [3.8, 4) is 34.7 Å². The van der Waals surface area contributed by atoms with Gasteiger partial charge in [-0.1, -0.05) is 5.16 Å². The quantitative estimate of drug-likeness (QED) is 0.405. The Bertz CT molecular complexity index is 1510. The molecule has 0 saturated heterocycles. The van der Waals surface area contributed by atoms with E-state index in [1.807, 2.05) is 19.1 Å². The second kappa shape index (κ2) is 8.16. The van der Waals surface area contributed by atoms with Crippen LogP contribution in [0.2, 0.25) is 0 Å². The molecule has 0 radical (unpaired) electrons. The minimum absolute atomic E-state index is 0.0550. The van der Waals surface area contributed by atoms with Crippen molar-refractivity contribution < 1.29 is 32.3 Å². The zero-order valence-corrected chi connectivity index (χ0v) is 18.3. The van der Waals surface area contributed by atoms with E-state index in [4.69, 9.17) is 9.78 Å². The van der Waals surface area contributed by atoms with Gasteiger partial charge in [-0.3, -0.25) is 4.79 Å². The molecule has 1 unspecified atom stereocenters. The van der Waals surface area contributed by atoms with E-state index in [9.17, 15) is 23.1 Å². The molecule has 1 aliphatic rings. The van der Waals surface area contributed by atoms with Crippen molar-refractivity contribution in [3.63, 3.8) is 0 Å². The van der Waals surface area contributed by atoms with E-state index >= 15 is 0 Å². The molecular formula is C24H17F3N4O4. The molecule has 8 nitrogen and oxygen atoms in total. The number of fused-ring (bicyclic) bond motifs is 3. The first kappa shape index (κ1) is 22.5. The third-order valence-corrected chi connectivity index (χ3v) is 6.08. The van der Waals surface area contributed by atoms with Crippen LogP contribution in [-0.4, -0.2) is 32.1 Å². The number of aromatic nitrogens is 3. The third kappa shape index (κ3) is 4.19. The largest absolute Gasteiger partial charge is 0.573 e. The molecule has 0 bridgehead atoms. The maximum absolute atomic E-state index is 12.7. The predicted molar refractivity (Wildman–Crippen MR) is 116 cm³/mol. The number of carbonyl (C=O) groups is 1. The van der Waals surface area contributed by atoms with Gasteiger partial charge in [-0.25, -0.2) is 0 Å². The van der Waals surface area contributed by atoms with E-state index < -0.39 is 18.1 Å². The van der Waals surface area contributed by atoms with Gasteiger partial charge in [0.15, 0.2) is 0 Å². The Morgan fingerprint density at radius 2 is 2.09 bits per heavy atom. The molecule has 1 N–H and O–H groups in total. The lowest BCUT2D eigenvalue weighted by molar-refractivity contribution is -0.274. The second-order valence-corrected chi connectivity index (χ2v) is 8.31. The van der Waals surface area contributed by atoms with Crippen LogP contribution in [0.5, 0.6) is 5.75 Å². The number of benzene rings is 2. The molecule has 0 spiro atoms. The van der Waals surface area contributed by atoms with Gasteiger partial charge in [-0.2, -0.15) is 10.2 Å². The number of carboxylic acid groups (broad SMARTS) is 1. The summed E-state index contributed by atoms with van der Waals surface area (Å²) in [5, 5.41) is 23.3. The molecule has 2 aromatic heterocycles. The fourth-order valence-electron chi connectivity index (χ4n) is 4.72. The van der Waals surface area contributed by atoms with Crippen LogP contribution in [0.3, 0.4) is 0 Å². The molecule has 3 heterocycles. The summed E-state index contributed by atoms with van der Waals surface area (Å²) in [6.07, 6.45) is -4.07. The average Bonchev–Trinajstić information content (AvgIpc) is 3.49.